The Bertz CT molecular complexity index is 1070. The Morgan fingerprint density at radius 1 is 1.12 bits per heavy atom. The van der Waals surface area contributed by atoms with Crippen LogP contribution in [0.15, 0.2) is 47.0 Å². The summed E-state index contributed by atoms with van der Waals surface area (Å²) in [6.07, 6.45) is 0. The average Bonchev–Trinajstić information content (AvgIpc) is 3.12. The molecule has 0 saturated carbocycles. The van der Waals surface area contributed by atoms with Crippen LogP contribution in [0.4, 0.5) is 4.39 Å². The van der Waals surface area contributed by atoms with E-state index in [4.69, 9.17) is 20.9 Å². The van der Waals surface area contributed by atoms with Gasteiger partial charge in [0.25, 0.3) is 5.91 Å². The summed E-state index contributed by atoms with van der Waals surface area (Å²) >= 11 is 6.14. The number of carbonyl (C=O) groups is 1. The van der Waals surface area contributed by atoms with Crippen molar-refractivity contribution in [2.45, 2.75) is 27.0 Å². The molecule has 2 aromatic carbocycles. The zero-order valence-electron chi connectivity index (χ0n) is 18.1. The van der Waals surface area contributed by atoms with E-state index in [0.717, 1.165) is 35.7 Å². The second kappa shape index (κ2) is 9.71. The Morgan fingerprint density at radius 2 is 1.84 bits per heavy atom. The van der Waals surface area contributed by atoms with Crippen LogP contribution < -0.4 is 4.74 Å². The number of benzene rings is 2. The Hall–Kier alpha value is -2.90. The lowest BCUT2D eigenvalue weighted by Crippen LogP contribution is -2.48. The van der Waals surface area contributed by atoms with Crippen LogP contribution in [0.25, 0.3) is 0 Å². The fourth-order valence-corrected chi connectivity index (χ4v) is 3.97. The summed E-state index contributed by atoms with van der Waals surface area (Å²) in [6, 6.07) is 11.6. The maximum absolute atomic E-state index is 13.2. The third-order valence-electron chi connectivity index (χ3n) is 5.73. The minimum atomic E-state index is -0.339. The molecule has 6 nitrogen and oxygen atoms in total. The molecule has 4 rings (SSSR count). The van der Waals surface area contributed by atoms with E-state index < -0.39 is 0 Å². The van der Waals surface area contributed by atoms with E-state index in [9.17, 15) is 9.18 Å². The number of carbonyl (C=O) groups excluding carboxylic acids is 1. The first-order valence-corrected chi connectivity index (χ1v) is 10.9. The molecule has 1 aliphatic heterocycles. The normalized spacial score (nSPS) is 14.6. The summed E-state index contributed by atoms with van der Waals surface area (Å²) in [7, 11) is 0. The fourth-order valence-electron chi connectivity index (χ4n) is 3.74. The second-order valence-corrected chi connectivity index (χ2v) is 8.33. The van der Waals surface area contributed by atoms with Gasteiger partial charge >= 0.3 is 0 Å². The zero-order chi connectivity index (χ0) is 22.7. The fraction of sp³-hybridized carbons (Fsp3) is 0.333. The van der Waals surface area contributed by atoms with Crippen LogP contribution in [0.2, 0.25) is 5.02 Å². The number of rotatable bonds is 6. The molecule has 3 aromatic rings. The lowest BCUT2D eigenvalue weighted by atomic mass is 10.1. The number of amides is 1. The summed E-state index contributed by atoms with van der Waals surface area (Å²) in [5.41, 5.74) is 3.27. The van der Waals surface area contributed by atoms with Gasteiger partial charge in [-0.05, 0) is 55.8 Å². The number of hydrogen-bond acceptors (Lipinski definition) is 5. The molecule has 1 amide bonds. The topological polar surface area (TPSA) is 58.8 Å². The summed E-state index contributed by atoms with van der Waals surface area (Å²) in [6.45, 7) is 7.46. The molecule has 32 heavy (non-hydrogen) atoms. The van der Waals surface area contributed by atoms with Gasteiger partial charge in [0.05, 0.1) is 11.3 Å². The molecular formula is C24H25ClFN3O3. The van der Waals surface area contributed by atoms with Crippen LogP contribution >= 0.6 is 11.6 Å². The highest BCUT2D eigenvalue weighted by molar-refractivity contribution is 6.31. The van der Waals surface area contributed by atoms with E-state index in [2.05, 4.69) is 10.1 Å². The van der Waals surface area contributed by atoms with Gasteiger partial charge in [-0.1, -0.05) is 22.8 Å². The summed E-state index contributed by atoms with van der Waals surface area (Å²) in [5, 5.41) is 4.35. The van der Waals surface area contributed by atoms with Crippen molar-refractivity contribution in [1.29, 1.82) is 0 Å². The van der Waals surface area contributed by atoms with Crippen LogP contribution in [0.5, 0.6) is 5.75 Å². The lowest BCUT2D eigenvalue weighted by molar-refractivity contribution is 0.0628. The van der Waals surface area contributed by atoms with Crippen molar-refractivity contribution in [1.82, 2.24) is 15.0 Å². The first-order chi connectivity index (χ1) is 15.4. The summed E-state index contributed by atoms with van der Waals surface area (Å²) in [5.74, 6) is 1.09. The number of halogens is 2. The first kappa shape index (κ1) is 22.3. The Morgan fingerprint density at radius 3 is 2.47 bits per heavy atom. The molecule has 0 unspecified atom stereocenters. The standard InChI is InChI=1S/C24H25ClFN3O3/c1-16-22(17(2)32-27-16)15-31-21-7-4-18(5-8-21)24(30)29-11-9-28(10-12-29)14-19-3-6-20(26)13-23(19)25/h3-8,13H,9-12,14-15H2,1-2H3. The van der Waals surface area contributed by atoms with Crippen molar-refractivity contribution in [2.24, 2.45) is 0 Å². The van der Waals surface area contributed by atoms with Crippen LogP contribution in [0.1, 0.15) is 32.9 Å². The van der Waals surface area contributed by atoms with Crippen LogP contribution in [0.3, 0.4) is 0 Å². The lowest BCUT2D eigenvalue weighted by Gasteiger charge is -2.35. The van der Waals surface area contributed by atoms with Crippen molar-refractivity contribution in [3.8, 4) is 5.75 Å². The van der Waals surface area contributed by atoms with Gasteiger partial charge < -0.3 is 14.2 Å². The first-order valence-electron chi connectivity index (χ1n) is 10.5. The Labute approximate surface area is 191 Å². The molecule has 1 aromatic heterocycles. The highest BCUT2D eigenvalue weighted by Gasteiger charge is 2.22. The third kappa shape index (κ3) is 5.11. The van der Waals surface area contributed by atoms with E-state index in [1.54, 1.807) is 30.3 Å². The quantitative estimate of drug-likeness (QED) is 0.540. The molecular weight excluding hydrogens is 433 g/mol. The number of aromatic nitrogens is 1. The number of hydrogen-bond donors (Lipinski definition) is 0. The average molecular weight is 458 g/mol. The predicted molar refractivity (Wildman–Crippen MR) is 119 cm³/mol. The van der Waals surface area contributed by atoms with Gasteiger partial charge in [0.15, 0.2) is 0 Å². The third-order valence-corrected chi connectivity index (χ3v) is 6.09. The van der Waals surface area contributed by atoms with Crippen molar-refractivity contribution in [3.05, 3.63) is 81.4 Å². The van der Waals surface area contributed by atoms with Crippen molar-refractivity contribution in [3.63, 3.8) is 0 Å². The van der Waals surface area contributed by atoms with Crippen LogP contribution in [-0.4, -0.2) is 47.0 Å². The van der Waals surface area contributed by atoms with E-state index in [1.165, 1.54) is 12.1 Å². The molecule has 0 N–H and O–H groups in total. The van der Waals surface area contributed by atoms with Gasteiger partial charge in [-0.25, -0.2) is 4.39 Å². The van der Waals surface area contributed by atoms with E-state index in [0.29, 0.717) is 42.6 Å². The van der Waals surface area contributed by atoms with Crippen molar-refractivity contribution >= 4 is 17.5 Å². The van der Waals surface area contributed by atoms with Gasteiger partial charge in [-0.2, -0.15) is 0 Å². The molecule has 2 heterocycles. The largest absolute Gasteiger partial charge is 0.489 e. The molecule has 0 spiro atoms. The van der Waals surface area contributed by atoms with Gasteiger partial charge in [-0.15, -0.1) is 0 Å². The molecule has 1 saturated heterocycles. The molecule has 8 heteroatoms. The molecule has 0 aliphatic carbocycles. The smallest absolute Gasteiger partial charge is 0.253 e. The molecule has 1 aliphatic rings. The van der Waals surface area contributed by atoms with Gasteiger partial charge in [0, 0.05) is 43.3 Å². The minimum absolute atomic E-state index is 0.00161. The SMILES string of the molecule is Cc1noc(C)c1COc1ccc(C(=O)N2CCN(Cc3ccc(F)cc3Cl)CC2)cc1. The van der Waals surface area contributed by atoms with Gasteiger partial charge in [0.1, 0.15) is 23.9 Å². The van der Waals surface area contributed by atoms with Crippen LogP contribution in [0, 0.1) is 19.7 Å². The monoisotopic (exact) mass is 457 g/mol. The number of piperazine rings is 1. The van der Waals surface area contributed by atoms with Crippen LogP contribution in [-0.2, 0) is 13.2 Å². The second-order valence-electron chi connectivity index (χ2n) is 7.92. The van der Waals surface area contributed by atoms with E-state index in [-0.39, 0.29) is 11.7 Å². The number of ether oxygens (including phenoxy) is 1. The number of nitrogens with zero attached hydrogens (tertiary/aromatic N) is 3. The van der Waals surface area contributed by atoms with Gasteiger partial charge in [0.2, 0.25) is 0 Å². The van der Waals surface area contributed by atoms with E-state index in [1.807, 2.05) is 18.7 Å². The van der Waals surface area contributed by atoms with Crippen molar-refractivity contribution in [2.75, 3.05) is 26.2 Å². The maximum Gasteiger partial charge on any atom is 0.253 e. The highest BCUT2D eigenvalue weighted by Crippen LogP contribution is 2.21. The Balaban J connectivity index is 1.29. The molecule has 0 atom stereocenters. The molecule has 0 bridgehead atoms. The zero-order valence-corrected chi connectivity index (χ0v) is 18.9. The molecule has 0 radical (unpaired) electrons. The molecule has 1 fully saturated rings. The Kier molecular flexibility index (Phi) is 6.77. The molecule has 168 valence electrons. The van der Waals surface area contributed by atoms with E-state index >= 15 is 0 Å². The summed E-state index contributed by atoms with van der Waals surface area (Å²) < 4.78 is 24.2. The van der Waals surface area contributed by atoms with Gasteiger partial charge in [-0.3, -0.25) is 9.69 Å². The predicted octanol–water partition coefficient (Wildman–Crippen LogP) is 4.62. The maximum atomic E-state index is 13.2. The minimum Gasteiger partial charge on any atom is -0.489 e. The highest BCUT2D eigenvalue weighted by atomic mass is 35.5. The van der Waals surface area contributed by atoms with Crippen molar-refractivity contribution < 1.29 is 18.4 Å². The summed E-state index contributed by atoms with van der Waals surface area (Å²) in [4.78, 5) is 17.0. The number of aryl methyl sites for hydroxylation is 2.